The van der Waals surface area contributed by atoms with Crippen LogP contribution in [0.15, 0.2) is 72.2 Å². The first-order chi connectivity index (χ1) is 9.27. The van der Waals surface area contributed by atoms with Crippen molar-refractivity contribution < 1.29 is 0 Å². The van der Waals surface area contributed by atoms with Gasteiger partial charge in [0.2, 0.25) is 0 Å². The van der Waals surface area contributed by atoms with Gasteiger partial charge < -0.3 is 0 Å². The molecule has 0 spiro atoms. The van der Waals surface area contributed by atoms with Crippen LogP contribution >= 0.6 is 7.92 Å². The molecule has 0 aliphatic rings. The van der Waals surface area contributed by atoms with Gasteiger partial charge in [-0.25, -0.2) is 0 Å². The lowest BCUT2D eigenvalue weighted by atomic mass is 10.2. The van der Waals surface area contributed by atoms with E-state index in [2.05, 4.69) is 86.1 Å². The average Bonchev–Trinajstić information content (AvgIpc) is 2.45. The second-order valence-electron chi connectivity index (χ2n) is 4.69. The molecule has 0 aliphatic carbocycles. The highest BCUT2D eigenvalue weighted by atomic mass is 31.1. The van der Waals surface area contributed by atoms with E-state index in [4.69, 9.17) is 0 Å². The molecular weight excluding hydrogens is 258 g/mol. The lowest BCUT2D eigenvalue weighted by molar-refractivity contribution is 1.10. The van der Waals surface area contributed by atoms with Gasteiger partial charge in [0.05, 0.1) is 0 Å². The quantitative estimate of drug-likeness (QED) is 0.433. The Balaban J connectivity index is 0.00000200. The molecule has 0 amide bonds. The topological polar surface area (TPSA) is 0 Å². The van der Waals surface area contributed by atoms with Crippen molar-refractivity contribution in [3.8, 4) is 0 Å². The molecule has 2 heteroatoms. The molecular formula is C18H19BP. The predicted molar refractivity (Wildman–Crippen MR) is 92.9 cm³/mol. The lowest BCUT2D eigenvalue weighted by Gasteiger charge is -2.16. The lowest BCUT2D eigenvalue weighted by Crippen LogP contribution is -2.05. The Bertz CT molecular complexity index is 554. The highest BCUT2D eigenvalue weighted by molar-refractivity contribution is 7.69. The van der Waals surface area contributed by atoms with Crippen molar-refractivity contribution in [2.45, 2.75) is 19.5 Å². The summed E-state index contributed by atoms with van der Waals surface area (Å²) in [5.41, 5.74) is 5.19. The minimum Gasteiger partial charge on any atom is -0.119 e. The maximum atomic E-state index is 3.36. The zero-order chi connectivity index (χ0) is 13.5. The Morgan fingerprint density at radius 2 is 1.45 bits per heavy atom. The SMILES string of the molecule is CC(C)P(C=C=Cc1ccccc1)c1ccccc1.[B]. The molecule has 3 radical (unpaired) electrons. The van der Waals surface area contributed by atoms with Crippen LogP contribution in [0.2, 0.25) is 0 Å². The van der Waals surface area contributed by atoms with Crippen molar-refractivity contribution in [2.75, 3.05) is 0 Å². The highest BCUT2D eigenvalue weighted by Crippen LogP contribution is 2.40. The fourth-order valence-electron chi connectivity index (χ4n) is 1.88. The van der Waals surface area contributed by atoms with Crippen molar-refractivity contribution in [1.82, 2.24) is 0 Å². The summed E-state index contributed by atoms with van der Waals surface area (Å²) in [5, 5.41) is 1.42. The summed E-state index contributed by atoms with van der Waals surface area (Å²) in [6.07, 6.45) is 2.06. The second kappa shape index (κ2) is 8.59. The molecule has 0 nitrogen and oxygen atoms in total. The van der Waals surface area contributed by atoms with Crippen LogP contribution < -0.4 is 5.30 Å². The maximum Gasteiger partial charge on any atom is 0 e. The Morgan fingerprint density at radius 3 is 2.00 bits per heavy atom. The van der Waals surface area contributed by atoms with Crippen LogP contribution in [0.25, 0.3) is 6.08 Å². The first kappa shape index (κ1) is 16.5. The van der Waals surface area contributed by atoms with Gasteiger partial charge in [-0.3, -0.25) is 0 Å². The third-order valence-corrected chi connectivity index (χ3v) is 5.31. The van der Waals surface area contributed by atoms with E-state index in [-0.39, 0.29) is 16.3 Å². The molecule has 0 bridgehead atoms. The van der Waals surface area contributed by atoms with Crippen LogP contribution in [0, 0.1) is 0 Å². The maximum absolute atomic E-state index is 3.36. The van der Waals surface area contributed by atoms with Gasteiger partial charge in [-0.15, -0.1) is 5.73 Å². The fraction of sp³-hybridized carbons (Fsp3) is 0.167. The van der Waals surface area contributed by atoms with Crippen molar-refractivity contribution >= 4 is 27.7 Å². The van der Waals surface area contributed by atoms with Crippen LogP contribution in [0.1, 0.15) is 19.4 Å². The Labute approximate surface area is 125 Å². The van der Waals surface area contributed by atoms with Gasteiger partial charge in [-0.05, 0) is 36.3 Å². The third kappa shape index (κ3) is 4.85. The van der Waals surface area contributed by atoms with Crippen molar-refractivity contribution in [3.05, 3.63) is 77.8 Å². The van der Waals surface area contributed by atoms with E-state index in [9.17, 15) is 0 Å². The first-order valence-electron chi connectivity index (χ1n) is 6.58. The Hall–Kier alpha value is -1.55. The molecule has 0 fully saturated rings. The third-order valence-electron chi connectivity index (χ3n) is 2.87. The van der Waals surface area contributed by atoms with Gasteiger partial charge in [0.25, 0.3) is 0 Å². The van der Waals surface area contributed by atoms with Crippen LogP contribution in [0.5, 0.6) is 0 Å². The summed E-state index contributed by atoms with van der Waals surface area (Å²) in [7, 11) is -0.278. The molecule has 20 heavy (non-hydrogen) atoms. The van der Waals surface area contributed by atoms with Gasteiger partial charge >= 0.3 is 0 Å². The van der Waals surface area contributed by atoms with E-state index in [0.29, 0.717) is 5.66 Å². The molecule has 0 N–H and O–H groups in total. The highest BCUT2D eigenvalue weighted by Gasteiger charge is 2.10. The molecule has 2 rings (SSSR count). The van der Waals surface area contributed by atoms with Crippen LogP contribution in [-0.2, 0) is 0 Å². The molecule has 1 atom stereocenters. The molecule has 99 valence electrons. The van der Waals surface area contributed by atoms with E-state index in [1.807, 2.05) is 6.07 Å². The van der Waals surface area contributed by atoms with Gasteiger partial charge in [-0.2, -0.15) is 0 Å². The molecule has 0 aliphatic heterocycles. The first-order valence-corrected chi connectivity index (χ1v) is 8.06. The van der Waals surface area contributed by atoms with E-state index < -0.39 is 0 Å². The zero-order valence-electron chi connectivity index (χ0n) is 12.0. The molecule has 2 aromatic rings. The number of hydrogen-bond acceptors (Lipinski definition) is 0. The van der Waals surface area contributed by atoms with E-state index in [0.717, 1.165) is 0 Å². The largest absolute Gasteiger partial charge is 0.119 e. The number of hydrogen-bond donors (Lipinski definition) is 0. The average molecular weight is 277 g/mol. The van der Waals surface area contributed by atoms with Crippen molar-refractivity contribution in [2.24, 2.45) is 0 Å². The molecule has 2 aromatic carbocycles. The van der Waals surface area contributed by atoms with Gasteiger partial charge in [0.15, 0.2) is 0 Å². The van der Waals surface area contributed by atoms with E-state index in [1.165, 1.54) is 10.9 Å². The Kier molecular flexibility index (Phi) is 7.09. The predicted octanol–water partition coefficient (Wildman–Crippen LogP) is 4.65. The van der Waals surface area contributed by atoms with Crippen molar-refractivity contribution in [1.29, 1.82) is 0 Å². The van der Waals surface area contributed by atoms with E-state index >= 15 is 0 Å². The normalized spacial score (nSPS) is 11.2. The van der Waals surface area contributed by atoms with E-state index in [1.54, 1.807) is 0 Å². The minimum absolute atomic E-state index is 0. The zero-order valence-corrected chi connectivity index (χ0v) is 12.9. The van der Waals surface area contributed by atoms with Crippen LogP contribution in [0.3, 0.4) is 0 Å². The molecule has 0 aromatic heterocycles. The van der Waals surface area contributed by atoms with Gasteiger partial charge in [-0.1, -0.05) is 74.5 Å². The monoisotopic (exact) mass is 277 g/mol. The summed E-state index contributed by atoms with van der Waals surface area (Å²) < 4.78 is 0. The minimum atomic E-state index is -0.278. The van der Waals surface area contributed by atoms with Gasteiger partial charge in [0, 0.05) is 8.41 Å². The standard InChI is InChI=1S/C18H19P.B/c1-16(2)19(18-13-7-4-8-14-18)15-9-12-17-10-5-3-6-11-17;/h3-8,10-16H,1-2H3;. The summed E-state index contributed by atoms with van der Waals surface area (Å²) in [4.78, 5) is 0. The van der Waals surface area contributed by atoms with Crippen LogP contribution in [0.4, 0.5) is 0 Å². The smallest absolute Gasteiger partial charge is 0 e. The van der Waals surface area contributed by atoms with Crippen LogP contribution in [-0.4, -0.2) is 14.1 Å². The molecule has 0 saturated heterocycles. The van der Waals surface area contributed by atoms with Gasteiger partial charge in [0.1, 0.15) is 0 Å². The van der Waals surface area contributed by atoms with Crippen molar-refractivity contribution in [3.63, 3.8) is 0 Å². The summed E-state index contributed by atoms with van der Waals surface area (Å²) in [5.74, 6) is 2.24. The Morgan fingerprint density at radius 1 is 0.900 bits per heavy atom. The summed E-state index contributed by atoms with van der Waals surface area (Å²) in [6, 6.07) is 21.1. The molecule has 0 heterocycles. The number of benzene rings is 2. The molecule has 1 unspecified atom stereocenters. The number of rotatable bonds is 4. The molecule has 0 saturated carbocycles. The second-order valence-corrected chi connectivity index (χ2v) is 7.31. The summed E-state index contributed by atoms with van der Waals surface area (Å²) >= 11 is 0. The fourth-order valence-corrected chi connectivity index (χ4v) is 3.68. The summed E-state index contributed by atoms with van der Waals surface area (Å²) in [6.45, 7) is 4.55.